The van der Waals surface area contributed by atoms with Gasteiger partial charge < -0.3 is 19.5 Å². The first kappa shape index (κ1) is 18.5. The van der Waals surface area contributed by atoms with Gasteiger partial charge in [-0.2, -0.15) is 0 Å². The van der Waals surface area contributed by atoms with Gasteiger partial charge in [0, 0.05) is 37.6 Å². The molecule has 7 nitrogen and oxygen atoms in total. The average Bonchev–Trinajstić information content (AvgIpc) is 2.61. The average molecular weight is 355 g/mol. The molecule has 2 heterocycles. The van der Waals surface area contributed by atoms with Crippen LogP contribution in [-0.2, 0) is 4.74 Å². The van der Waals surface area contributed by atoms with Gasteiger partial charge in [-0.05, 0) is 6.07 Å². The van der Waals surface area contributed by atoms with Crippen molar-refractivity contribution in [3.8, 4) is 11.5 Å². The molecule has 1 saturated heterocycles. The van der Waals surface area contributed by atoms with Crippen molar-refractivity contribution in [2.45, 2.75) is 0 Å². The van der Waals surface area contributed by atoms with Crippen LogP contribution in [0.1, 0.15) is 0 Å². The van der Waals surface area contributed by atoms with Gasteiger partial charge >= 0.3 is 0 Å². The van der Waals surface area contributed by atoms with Gasteiger partial charge in [-0.15, -0.1) is 12.4 Å². The predicted octanol–water partition coefficient (Wildman–Crippen LogP) is 1.81. The van der Waals surface area contributed by atoms with Crippen molar-refractivity contribution in [2.75, 3.05) is 58.9 Å². The molecule has 1 aliphatic heterocycles. The minimum Gasteiger partial charge on any atom is -0.493 e. The molecule has 2 aromatic rings. The van der Waals surface area contributed by atoms with Crippen LogP contribution in [0.15, 0.2) is 18.5 Å². The molecule has 1 aromatic heterocycles. The third-order valence-corrected chi connectivity index (χ3v) is 3.96. The summed E-state index contributed by atoms with van der Waals surface area (Å²) in [6.07, 6.45) is 1.56. The Morgan fingerprint density at radius 2 is 1.83 bits per heavy atom. The maximum Gasteiger partial charge on any atom is 0.162 e. The molecular formula is C16H23ClN4O3. The number of rotatable bonds is 6. The van der Waals surface area contributed by atoms with Gasteiger partial charge in [0.1, 0.15) is 12.1 Å². The molecule has 0 aliphatic carbocycles. The third-order valence-electron chi connectivity index (χ3n) is 3.96. The second-order valence-corrected chi connectivity index (χ2v) is 5.33. The van der Waals surface area contributed by atoms with Gasteiger partial charge in [0.2, 0.25) is 0 Å². The maximum absolute atomic E-state index is 5.37. The van der Waals surface area contributed by atoms with Gasteiger partial charge in [0.15, 0.2) is 11.5 Å². The van der Waals surface area contributed by atoms with Crippen LogP contribution in [0.25, 0.3) is 10.9 Å². The van der Waals surface area contributed by atoms with E-state index in [4.69, 9.17) is 14.2 Å². The molecule has 0 spiro atoms. The summed E-state index contributed by atoms with van der Waals surface area (Å²) in [6, 6.07) is 3.77. The molecule has 1 aromatic carbocycles. The Balaban J connectivity index is 0.00000208. The topological polar surface area (TPSA) is 68.7 Å². The van der Waals surface area contributed by atoms with Crippen molar-refractivity contribution in [1.82, 2.24) is 14.9 Å². The molecule has 0 bridgehead atoms. The van der Waals surface area contributed by atoms with Crippen LogP contribution < -0.4 is 14.8 Å². The maximum atomic E-state index is 5.37. The normalized spacial score (nSPS) is 14.9. The van der Waals surface area contributed by atoms with E-state index in [1.54, 1.807) is 20.5 Å². The number of aromatic nitrogens is 2. The Morgan fingerprint density at radius 3 is 2.54 bits per heavy atom. The van der Waals surface area contributed by atoms with Crippen LogP contribution in [0, 0.1) is 0 Å². The number of nitrogens with zero attached hydrogens (tertiary/aromatic N) is 3. The summed E-state index contributed by atoms with van der Waals surface area (Å²) in [5.74, 6) is 2.15. The molecule has 0 saturated carbocycles. The van der Waals surface area contributed by atoms with Gasteiger partial charge in [-0.1, -0.05) is 0 Å². The highest BCUT2D eigenvalue weighted by molar-refractivity contribution is 5.91. The largest absolute Gasteiger partial charge is 0.493 e. The Morgan fingerprint density at radius 1 is 1.12 bits per heavy atom. The van der Waals surface area contributed by atoms with E-state index in [2.05, 4.69) is 20.2 Å². The molecule has 0 atom stereocenters. The van der Waals surface area contributed by atoms with Crippen LogP contribution in [0.5, 0.6) is 11.5 Å². The number of morpholine rings is 1. The second-order valence-electron chi connectivity index (χ2n) is 5.33. The van der Waals surface area contributed by atoms with E-state index in [1.807, 2.05) is 12.1 Å². The number of halogens is 1. The molecule has 24 heavy (non-hydrogen) atoms. The molecule has 0 radical (unpaired) electrons. The van der Waals surface area contributed by atoms with E-state index in [0.29, 0.717) is 11.5 Å². The Bertz CT molecular complexity index is 665. The lowest BCUT2D eigenvalue weighted by Gasteiger charge is -2.26. The van der Waals surface area contributed by atoms with Crippen LogP contribution in [0.2, 0.25) is 0 Å². The number of ether oxygens (including phenoxy) is 3. The number of anilines is 1. The zero-order valence-corrected chi connectivity index (χ0v) is 14.8. The summed E-state index contributed by atoms with van der Waals surface area (Å²) in [4.78, 5) is 11.0. The van der Waals surface area contributed by atoms with E-state index in [9.17, 15) is 0 Å². The van der Waals surface area contributed by atoms with Gasteiger partial charge in [0.25, 0.3) is 0 Å². The summed E-state index contributed by atoms with van der Waals surface area (Å²) in [5, 5.41) is 4.32. The monoisotopic (exact) mass is 354 g/mol. The molecule has 132 valence electrons. The molecular weight excluding hydrogens is 332 g/mol. The summed E-state index contributed by atoms with van der Waals surface area (Å²) < 4.78 is 16.0. The highest BCUT2D eigenvalue weighted by Gasteiger charge is 2.12. The Labute approximate surface area is 147 Å². The van der Waals surface area contributed by atoms with E-state index in [-0.39, 0.29) is 12.4 Å². The van der Waals surface area contributed by atoms with Gasteiger partial charge in [-0.3, -0.25) is 4.90 Å². The summed E-state index contributed by atoms with van der Waals surface area (Å²) in [7, 11) is 3.24. The smallest absolute Gasteiger partial charge is 0.162 e. The molecule has 3 rings (SSSR count). The van der Waals surface area contributed by atoms with Crippen molar-refractivity contribution in [3.05, 3.63) is 18.5 Å². The van der Waals surface area contributed by atoms with E-state index in [0.717, 1.165) is 56.1 Å². The fourth-order valence-corrected chi connectivity index (χ4v) is 2.68. The lowest BCUT2D eigenvalue weighted by Crippen LogP contribution is -2.39. The SMILES string of the molecule is COc1cc2ncnc(NCCN3CCOCC3)c2cc1OC.Cl. The molecule has 1 N–H and O–H groups in total. The minimum absolute atomic E-state index is 0. The van der Waals surface area contributed by atoms with Crippen LogP contribution in [0.3, 0.4) is 0 Å². The van der Waals surface area contributed by atoms with E-state index in [1.165, 1.54) is 0 Å². The van der Waals surface area contributed by atoms with E-state index >= 15 is 0 Å². The molecule has 0 amide bonds. The fourth-order valence-electron chi connectivity index (χ4n) is 2.68. The zero-order chi connectivity index (χ0) is 16.1. The first-order chi connectivity index (χ1) is 11.3. The quantitative estimate of drug-likeness (QED) is 0.848. The number of benzene rings is 1. The van der Waals surface area contributed by atoms with Gasteiger partial charge in [-0.25, -0.2) is 9.97 Å². The lowest BCUT2D eigenvalue weighted by atomic mass is 10.2. The van der Waals surface area contributed by atoms with Crippen LogP contribution in [-0.4, -0.2) is 68.5 Å². The Hall–Kier alpha value is -1.83. The highest BCUT2D eigenvalue weighted by atomic mass is 35.5. The fraction of sp³-hybridized carbons (Fsp3) is 0.500. The van der Waals surface area contributed by atoms with Crippen LogP contribution >= 0.6 is 12.4 Å². The van der Waals surface area contributed by atoms with Crippen molar-refractivity contribution >= 4 is 29.1 Å². The first-order valence-electron chi connectivity index (χ1n) is 7.72. The minimum atomic E-state index is 0. The molecule has 1 fully saturated rings. The Kier molecular flexibility index (Phi) is 6.84. The van der Waals surface area contributed by atoms with Crippen LogP contribution in [0.4, 0.5) is 5.82 Å². The number of hydrogen-bond donors (Lipinski definition) is 1. The van der Waals surface area contributed by atoms with Crippen molar-refractivity contribution < 1.29 is 14.2 Å². The highest BCUT2D eigenvalue weighted by Crippen LogP contribution is 2.33. The number of nitrogens with one attached hydrogen (secondary N) is 1. The predicted molar refractivity (Wildman–Crippen MR) is 95.6 cm³/mol. The summed E-state index contributed by atoms with van der Waals surface area (Å²) in [5.41, 5.74) is 0.825. The molecule has 1 aliphatic rings. The number of hydrogen-bond acceptors (Lipinski definition) is 7. The van der Waals surface area contributed by atoms with Crippen molar-refractivity contribution in [1.29, 1.82) is 0 Å². The number of fused-ring (bicyclic) bond motifs is 1. The van der Waals surface area contributed by atoms with Crippen molar-refractivity contribution in [3.63, 3.8) is 0 Å². The summed E-state index contributed by atoms with van der Waals surface area (Å²) >= 11 is 0. The molecule has 8 heteroatoms. The standard InChI is InChI=1S/C16H22N4O3.ClH/c1-21-14-9-12-13(10-15(14)22-2)18-11-19-16(12)17-3-4-20-5-7-23-8-6-20;/h9-11H,3-8H2,1-2H3,(H,17,18,19);1H. The third kappa shape index (κ3) is 4.17. The summed E-state index contributed by atoms with van der Waals surface area (Å²) in [6.45, 7) is 5.37. The lowest BCUT2D eigenvalue weighted by molar-refractivity contribution is 0.0398. The number of methoxy groups -OCH3 is 2. The van der Waals surface area contributed by atoms with Gasteiger partial charge in [0.05, 0.1) is 33.0 Å². The second kappa shape index (κ2) is 8.86. The first-order valence-corrected chi connectivity index (χ1v) is 7.72. The van der Waals surface area contributed by atoms with E-state index < -0.39 is 0 Å². The van der Waals surface area contributed by atoms with Crippen molar-refractivity contribution in [2.24, 2.45) is 0 Å². The zero-order valence-electron chi connectivity index (χ0n) is 13.9. The molecule has 0 unspecified atom stereocenters.